The Morgan fingerprint density at radius 2 is 1.75 bits per heavy atom. The van der Waals surface area contributed by atoms with Gasteiger partial charge in [-0.2, -0.15) is 0 Å². The SMILES string of the molecule is O=C(CNC(=O)[C@H]1COc2ccccc2O1)N=Nc1c(O)n(Cc2ccccc2Cl)c2ccccc12. The largest absolute Gasteiger partial charge is 0.493 e. The second-order valence-corrected chi connectivity index (χ2v) is 8.45. The Morgan fingerprint density at radius 3 is 2.58 bits per heavy atom. The van der Waals surface area contributed by atoms with Gasteiger partial charge in [0.1, 0.15) is 13.2 Å². The number of hydrogen-bond acceptors (Lipinski definition) is 6. The number of aromatic hydroxyl groups is 1. The molecule has 182 valence electrons. The molecule has 10 heteroatoms. The van der Waals surface area contributed by atoms with Crippen molar-refractivity contribution in [3.05, 3.63) is 83.4 Å². The van der Waals surface area contributed by atoms with Crippen molar-refractivity contribution in [3.8, 4) is 17.4 Å². The van der Waals surface area contributed by atoms with Crippen molar-refractivity contribution in [2.45, 2.75) is 12.6 Å². The molecule has 1 atom stereocenters. The van der Waals surface area contributed by atoms with Gasteiger partial charge in [0.15, 0.2) is 17.2 Å². The summed E-state index contributed by atoms with van der Waals surface area (Å²) < 4.78 is 12.8. The average molecular weight is 505 g/mol. The van der Waals surface area contributed by atoms with Crippen LogP contribution < -0.4 is 14.8 Å². The van der Waals surface area contributed by atoms with E-state index in [1.165, 1.54) is 0 Å². The molecule has 2 heterocycles. The second-order valence-electron chi connectivity index (χ2n) is 8.04. The maximum Gasteiger partial charge on any atom is 0.283 e. The molecule has 2 amide bonds. The number of benzene rings is 3. The first kappa shape index (κ1) is 23.4. The van der Waals surface area contributed by atoms with Crippen molar-refractivity contribution in [1.82, 2.24) is 9.88 Å². The van der Waals surface area contributed by atoms with Crippen LogP contribution in [0, 0.1) is 0 Å². The predicted octanol–water partition coefficient (Wildman–Crippen LogP) is 4.62. The van der Waals surface area contributed by atoms with Gasteiger partial charge in [0.25, 0.3) is 11.8 Å². The molecule has 0 saturated carbocycles. The van der Waals surface area contributed by atoms with E-state index in [9.17, 15) is 14.7 Å². The summed E-state index contributed by atoms with van der Waals surface area (Å²) in [5.41, 5.74) is 1.67. The molecule has 0 radical (unpaired) electrons. The fraction of sp³-hybridized carbons (Fsp3) is 0.154. The molecule has 36 heavy (non-hydrogen) atoms. The lowest BCUT2D eigenvalue weighted by atomic mass is 10.2. The number of amides is 2. The van der Waals surface area contributed by atoms with Gasteiger partial charge < -0.3 is 24.5 Å². The van der Waals surface area contributed by atoms with Gasteiger partial charge in [-0.25, -0.2) is 0 Å². The number of carbonyl (C=O) groups excluding carboxylic acids is 2. The summed E-state index contributed by atoms with van der Waals surface area (Å²) >= 11 is 6.30. The van der Waals surface area contributed by atoms with E-state index >= 15 is 0 Å². The van der Waals surface area contributed by atoms with Crippen LogP contribution >= 0.6 is 11.6 Å². The standard InChI is InChI=1S/C26H21ClN4O5/c27-18-9-3-1-7-16(18)14-31-19-10-4-2-8-17(19)24(26(31)34)30-29-23(32)13-28-25(33)22-15-35-20-11-5-6-12-21(20)36-22/h1-12,22,34H,13-15H2,(H,28,33)/t22-/m1/s1. The molecule has 3 aromatic carbocycles. The van der Waals surface area contributed by atoms with Gasteiger partial charge in [-0.15, -0.1) is 10.2 Å². The summed E-state index contributed by atoms with van der Waals surface area (Å²) in [5.74, 6) is -0.336. The average Bonchev–Trinajstić information content (AvgIpc) is 3.17. The number of rotatable bonds is 6. The van der Waals surface area contributed by atoms with Gasteiger partial charge in [0.2, 0.25) is 12.0 Å². The smallest absolute Gasteiger partial charge is 0.283 e. The van der Waals surface area contributed by atoms with Crippen LogP contribution in [0.2, 0.25) is 5.02 Å². The van der Waals surface area contributed by atoms with E-state index < -0.39 is 17.9 Å². The van der Waals surface area contributed by atoms with E-state index in [0.717, 1.165) is 5.56 Å². The van der Waals surface area contributed by atoms with Crippen LogP contribution in [0.4, 0.5) is 5.69 Å². The number of fused-ring (bicyclic) bond motifs is 2. The number of aromatic nitrogens is 1. The van der Waals surface area contributed by atoms with E-state index in [-0.39, 0.29) is 24.7 Å². The molecule has 0 spiro atoms. The van der Waals surface area contributed by atoms with Crippen molar-refractivity contribution >= 4 is 40.0 Å². The molecule has 0 unspecified atom stereocenters. The molecular formula is C26H21ClN4O5. The first-order valence-electron chi connectivity index (χ1n) is 11.2. The molecular weight excluding hydrogens is 484 g/mol. The highest BCUT2D eigenvalue weighted by Gasteiger charge is 2.27. The third-order valence-corrected chi connectivity index (χ3v) is 6.05. The summed E-state index contributed by atoms with van der Waals surface area (Å²) in [5, 5.41) is 22.3. The monoisotopic (exact) mass is 504 g/mol. The third kappa shape index (κ3) is 4.73. The van der Waals surface area contributed by atoms with Crippen LogP contribution in [0.15, 0.2) is 83.0 Å². The van der Waals surface area contributed by atoms with Crippen LogP contribution in [0.5, 0.6) is 17.4 Å². The lowest BCUT2D eigenvalue weighted by molar-refractivity contribution is -0.132. The Morgan fingerprint density at radius 1 is 1.03 bits per heavy atom. The van der Waals surface area contributed by atoms with Gasteiger partial charge >= 0.3 is 0 Å². The lowest BCUT2D eigenvalue weighted by Crippen LogP contribution is -2.45. The number of nitrogens with one attached hydrogen (secondary N) is 1. The summed E-state index contributed by atoms with van der Waals surface area (Å²) in [6.07, 6.45) is -0.892. The van der Waals surface area contributed by atoms with E-state index in [2.05, 4.69) is 15.5 Å². The minimum Gasteiger partial charge on any atom is -0.493 e. The van der Waals surface area contributed by atoms with E-state index in [1.54, 1.807) is 47.0 Å². The molecule has 5 rings (SSSR count). The number of hydrogen-bond donors (Lipinski definition) is 2. The highest BCUT2D eigenvalue weighted by Crippen LogP contribution is 2.39. The quantitative estimate of drug-likeness (QED) is 0.372. The minimum atomic E-state index is -0.892. The molecule has 4 aromatic rings. The molecule has 0 saturated heterocycles. The first-order chi connectivity index (χ1) is 17.5. The summed E-state index contributed by atoms with van der Waals surface area (Å²) in [7, 11) is 0. The zero-order valence-electron chi connectivity index (χ0n) is 18.9. The number of carbonyl (C=O) groups is 2. The Labute approximate surface area is 210 Å². The molecule has 1 aromatic heterocycles. The van der Waals surface area contributed by atoms with Crippen LogP contribution in [-0.4, -0.2) is 40.7 Å². The highest BCUT2D eigenvalue weighted by atomic mass is 35.5. The van der Waals surface area contributed by atoms with Gasteiger partial charge in [-0.1, -0.05) is 60.1 Å². The summed E-state index contributed by atoms with van der Waals surface area (Å²) in [6, 6.07) is 21.6. The van der Waals surface area contributed by atoms with Crippen LogP contribution in [0.3, 0.4) is 0 Å². The van der Waals surface area contributed by atoms with Crippen LogP contribution in [0.25, 0.3) is 10.9 Å². The zero-order chi connectivity index (χ0) is 25.1. The Hall–Kier alpha value is -4.37. The number of ether oxygens (including phenoxy) is 2. The highest BCUT2D eigenvalue weighted by molar-refractivity contribution is 6.31. The maximum atomic E-state index is 12.4. The normalized spacial score (nSPS) is 14.8. The fourth-order valence-corrected chi connectivity index (χ4v) is 4.09. The molecule has 0 fully saturated rings. The van der Waals surface area contributed by atoms with Gasteiger partial charge in [-0.05, 0) is 29.8 Å². The van der Waals surface area contributed by atoms with Crippen LogP contribution in [0.1, 0.15) is 5.56 Å². The number of azo groups is 1. The van der Waals surface area contributed by atoms with Crippen molar-refractivity contribution in [2.75, 3.05) is 13.2 Å². The first-order valence-corrected chi connectivity index (χ1v) is 11.5. The van der Waals surface area contributed by atoms with E-state index in [0.29, 0.717) is 34.0 Å². The Kier molecular flexibility index (Phi) is 6.55. The number of nitrogens with zero attached hydrogens (tertiary/aromatic N) is 3. The minimum absolute atomic E-state index is 0.0252. The van der Waals surface area contributed by atoms with Gasteiger partial charge in [0.05, 0.1) is 12.1 Å². The van der Waals surface area contributed by atoms with E-state index in [1.807, 2.05) is 30.3 Å². The number of halogens is 1. The molecule has 2 N–H and O–H groups in total. The summed E-state index contributed by atoms with van der Waals surface area (Å²) in [6.45, 7) is -0.0572. The Balaban J connectivity index is 1.28. The molecule has 1 aliphatic rings. The fourth-order valence-electron chi connectivity index (χ4n) is 3.89. The van der Waals surface area contributed by atoms with Gasteiger partial charge in [0, 0.05) is 10.4 Å². The van der Waals surface area contributed by atoms with Crippen molar-refractivity contribution in [3.63, 3.8) is 0 Å². The van der Waals surface area contributed by atoms with Crippen molar-refractivity contribution in [2.24, 2.45) is 10.2 Å². The second kappa shape index (κ2) is 10.1. The molecule has 1 aliphatic heterocycles. The molecule has 0 bridgehead atoms. The zero-order valence-corrected chi connectivity index (χ0v) is 19.7. The van der Waals surface area contributed by atoms with E-state index in [4.69, 9.17) is 21.1 Å². The Bertz CT molecular complexity index is 1480. The molecule has 0 aliphatic carbocycles. The predicted molar refractivity (Wildman–Crippen MR) is 133 cm³/mol. The summed E-state index contributed by atoms with van der Waals surface area (Å²) in [4.78, 5) is 24.8. The maximum absolute atomic E-state index is 12.4. The van der Waals surface area contributed by atoms with Crippen LogP contribution in [-0.2, 0) is 16.1 Å². The topological polar surface area (TPSA) is 115 Å². The molecule has 9 nitrogen and oxygen atoms in total. The van der Waals surface area contributed by atoms with Crippen molar-refractivity contribution < 1.29 is 24.2 Å². The lowest BCUT2D eigenvalue weighted by Gasteiger charge is -2.25. The third-order valence-electron chi connectivity index (χ3n) is 5.68. The van der Waals surface area contributed by atoms with Crippen molar-refractivity contribution in [1.29, 1.82) is 0 Å². The van der Waals surface area contributed by atoms with Gasteiger partial charge in [-0.3, -0.25) is 9.59 Å². The number of para-hydroxylation sites is 3.